The summed E-state index contributed by atoms with van der Waals surface area (Å²) in [6.45, 7) is 7.14. The normalized spacial score (nSPS) is 17.0. The van der Waals surface area contributed by atoms with Gasteiger partial charge in [-0.05, 0) is 49.6 Å². The van der Waals surface area contributed by atoms with E-state index in [4.69, 9.17) is 0 Å². The summed E-state index contributed by atoms with van der Waals surface area (Å²) in [5, 5.41) is 2.95. The van der Waals surface area contributed by atoms with Crippen LogP contribution in [0.3, 0.4) is 0 Å². The molecule has 3 rings (SSSR count). The van der Waals surface area contributed by atoms with Crippen molar-refractivity contribution in [2.75, 3.05) is 11.9 Å². The minimum atomic E-state index is -0.292. The van der Waals surface area contributed by atoms with Crippen LogP contribution >= 0.6 is 0 Å². The number of aryl methyl sites for hydroxylation is 3. The van der Waals surface area contributed by atoms with Crippen LogP contribution in [-0.2, 0) is 16.1 Å². The maximum absolute atomic E-state index is 12.5. The molecule has 2 aromatic rings. The van der Waals surface area contributed by atoms with Crippen LogP contribution in [0.5, 0.6) is 0 Å². The van der Waals surface area contributed by atoms with Crippen LogP contribution < -0.4 is 5.32 Å². The highest BCUT2D eigenvalue weighted by Gasteiger charge is 2.34. The lowest BCUT2D eigenvalue weighted by Crippen LogP contribution is -2.28. The van der Waals surface area contributed by atoms with E-state index in [1.165, 1.54) is 11.1 Å². The third kappa shape index (κ3) is 4.08. The first-order valence-electron chi connectivity index (χ1n) is 8.64. The number of hydrogen-bond donors (Lipinski definition) is 1. The molecule has 0 aromatic heterocycles. The van der Waals surface area contributed by atoms with Crippen molar-refractivity contribution in [3.63, 3.8) is 0 Å². The van der Waals surface area contributed by atoms with E-state index in [2.05, 4.69) is 5.32 Å². The lowest BCUT2D eigenvalue weighted by atomic mass is 10.1. The molecule has 25 heavy (non-hydrogen) atoms. The zero-order chi connectivity index (χ0) is 18.0. The van der Waals surface area contributed by atoms with Crippen LogP contribution in [0.4, 0.5) is 5.69 Å². The van der Waals surface area contributed by atoms with Gasteiger partial charge < -0.3 is 10.2 Å². The van der Waals surface area contributed by atoms with E-state index in [0.717, 1.165) is 16.8 Å². The molecule has 0 bridgehead atoms. The molecule has 0 saturated carbocycles. The van der Waals surface area contributed by atoms with Crippen molar-refractivity contribution in [2.45, 2.75) is 33.7 Å². The molecule has 1 atom stereocenters. The van der Waals surface area contributed by atoms with Crippen LogP contribution in [0.1, 0.15) is 28.7 Å². The number of amides is 2. The standard InChI is InChI=1S/C21H24N2O2/c1-14-4-7-17(8-5-14)12-23-13-18(11-20(23)24)21(25)22-19-9-6-15(2)16(3)10-19/h4-10,18H,11-13H2,1-3H3,(H,22,25). The summed E-state index contributed by atoms with van der Waals surface area (Å²) < 4.78 is 0. The Labute approximate surface area is 148 Å². The van der Waals surface area contributed by atoms with Gasteiger partial charge in [-0.15, -0.1) is 0 Å². The summed E-state index contributed by atoms with van der Waals surface area (Å²) in [5.41, 5.74) is 5.41. The maximum Gasteiger partial charge on any atom is 0.229 e. The fraction of sp³-hybridized carbons (Fsp3) is 0.333. The lowest BCUT2D eigenvalue weighted by molar-refractivity contribution is -0.128. The van der Waals surface area contributed by atoms with Gasteiger partial charge >= 0.3 is 0 Å². The van der Waals surface area contributed by atoms with E-state index in [9.17, 15) is 9.59 Å². The van der Waals surface area contributed by atoms with E-state index < -0.39 is 0 Å². The molecule has 0 aliphatic carbocycles. The van der Waals surface area contributed by atoms with E-state index in [-0.39, 0.29) is 24.2 Å². The van der Waals surface area contributed by atoms with E-state index in [0.29, 0.717) is 13.1 Å². The van der Waals surface area contributed by atoms with Gasteiger partial charge in [0.2, 0.25) is 11.8 Å². The molecular formula is C21H24N2O2. The molecule has 2 aromatic carbocycles. The van der Waals surface area contributed by atoms with Gasteiger partial charge in [-0.3, -0.25) is 9.59 Å². The van der Waals surface area contributed by atoms with Crippen molar-refractivity contribution in [1.82, 2.24) is 4.90 Å². The monoisotopic (exact) mass is 336 g/mol. The highest BCUT2D eigenvalue weighted by Crippen LogP contribution is 2.23. The molecule has 2 amide bonds. The number of anilines is 1. The molecule has 1 aliphatic rings. The molecule has 1 fully saturated rings. The van der Waals surface area contributed by atoms with Gasteiger partial charge in [0.05, 0.1) is 5.92 Å². The van der Waals surface area contributed by atoms with E-state index in [1.54, 1.807) is 4.90 Å². The van der Waals surface area contributed by atoms with Gasteiger partial charge in [-0.25, -0.2) is 0 Å². The molecule has 1 saturated heterocycles. The quantitative estimate of drug-likeness (QED) is 0.927. The number of carbonyl (C=O) groups excluding carboxylic acids is 2. The predicted molar refractivity (Wildman–Crippen MR) is 99.2 cm³/mol. The molecule has 0 radical (unpaired) electrons. The number of hydrogen-bond acceptors (Lipinski definition) is 2. The second kappa shape index (κ2) is 7.09. The van der Waals surface area contributed by atoms with Crippen LogP contribution in [0.15, 0.2) is 42.5 Å². The first-order chi connectivity index (χ1) is 11.9. The van der Waals surface area contributed by atoms with Crippen molar-refractivity contribution in [1.29, 1.82) is 0 Å². The van der Waals surface area contributed by atoms with Crippen molar-refractivity contribution in [3.05, 3.63) is 64.7 Å². The summed E-state index contributed by atoms with van der Waals surface area (Å²) in [7, 11) is 0. The van der Waals surface area contributed by atoms with E-state index in [1.807, 2.05) is 63.2 Å². The highest BCUT2D eigenvalue weighted by atomic mass is 16.2. The molecule has 130 valence electrons. The van der Waals surface area contributed by atoms with Gasteiger partial charge in [-0.2, -0.15) is 0 Å². The van der Waals surface area contributed by atoms with Crippen LogP contribution in [-0.4, -0.2) is 23.3 Å². The van der Waals surface area contributed by atoms with Crippen molar-refractivity contribution in [2.24, 2.45) is 5.92 Å². The number of likely N-dealkylation sites (tertiary alicyclic amines) is 1. The third-order valence-corrected chi connectivity index (χ3v) is 4.85. The van der Waals surface area contributed by atoms with Gasteiger partial charge in [-0.1, -0.05) is 35.9 Å². The SMILES string of the molecule is Cc1ccc(CN2CC(C(=O)Nc3ccc(C)c(C)c3)CC2=O)cc1. The zero-order valence-electron chi connectivity index (χ0n) is 15.0. The maximum atomic E-state index is 12.5. The van der Waals surface area contributed by atoms with Gasteiger partial charge in [0.1, 0.15) is 0 Å². The third-order valence-electron chi connectivity index (χ3n) is 4.85. The second-order valence-corrected chi connectivity index (χ2v) is 6.95. The minimum absolute atomic E-state index is 0.0424. The molecule has 1 heterocycles. The van der Waals surface area contributed by atoms with Crippen molar-refractivity contribution < 1.29 is 9.59 Å². The van der Waals surface area contributed by atoms with Crippen LogP contribution in [0, 0.1) is 26.7 Å². The summed E-state index contributed by atoms with van der Waals surface area (Å²) in [5.74, 6) is -0.330. The molecule has 1 N–H and O–H groups in total. The fourth-order valence-electron chi connectivity index (χ4n) is 3.08. The lowest BCUT2D eigenvalue weighted by Gasteiger charge is -2.17. The fourth-order valence-corrected chi connectivity index (χ4v) is 3.08. The molecular weight excluding hydrogens is 312 g/mol. The summed E-state index contributed by atoms with van der Waals surface area (Å²) >= 11 is 0. The Morgan fingerprint density at radius 1 is 1.08 bits per heavy atom. The summed E-state index contributed by atoms with van der Waals surface area (Å²) in [4.78, 5) is 26.5. The number of benzene rings is 2. The Bertz CT molecular complexity index is 796. The predicted octanol–water partition coefficient (Wildman–Crippen LogP) is 3.60. The van der Waals surface area contributed by atoms with Gasteiger partial charge in [0.15, 0.2) is 0 Å². The minimum Gasteiger partial charge on any atom is -0.338 e. The molecule has 1 unspecified atom stereocenters. The Morgan fingerprint density at radius 2 is 1.80 bits per heavy atom. The molecule has 4 nitrogen and oxygen atoms in total. The van der Waals surface area contributed by atoms with Gasteiger partial charge in [0.25, 0.3) is 0 Å². The van der Waals surface area contributed by atoms with E-state index >= 15 is 0 Å². The zero-order valence-corrected chi connectivity index (χ0v) is 15.0. The number of nitrogens with one attached hydrogen (secondary N) is 1. The summed E-state index contributed by atoms with van der Waals surface area (Å²) in [6, 6.07) is 14.0. The first-order valence-corrected chi connectivity index (χ1v) is 8.64. The largest absolute Gasteiger partial charge is 0.338 e. The van der Waals surface area contributed by atoms with Crippen molar-refractivity contribution in [3.8, 4) is 0 Å². The Morgan fingerprint density at radius 3 is 2.48 bits per heavy atom. The average molecular weight is 336 g/mol. The number of rotatable bonds is 4. The summed E-state index contributed by atoms with van der Waals surface area (Å²) in [6.07, 6.45) is 0.280. The highest BCUT2D eigenvalue weighted by molar-refractivity contribution is 5.97. The second-order valence-electron chi connectivity index (χ2n) is 6.95. The number of nitrogens with zero attached hydrogens (tertiary/aromatic N) is 1. The van der Waals surface area contributed by atoms with Crippen LogP contribution in [0.25, 0.3) is 0 Å². The first kappa shape index (κ1) is 17.2. The Hall–Kier alpha value is -2.62. The average Bonchev–Trinajstić information content (AvgIpc) is 2.94. The number of carbonyl (C=O) groups is 2. The molecule has 0 spiro atoms. The van der Waals surface area contributed by atoms with Gasteiger partial charge in [0, 0.05) is 25.2 Å². The Kier molecular flexibility index (Phi) is 4.88. The molecule has 1 aliphatic heterocycles. The topological polar surface area (TPSA) is 49.4 Å². The smallest absolute Gasteiger partial charge is 0.229 e. The van der Waals surface area contributed by atoms with Crippen molar-refractivity contribution >= 4 is 17.5 Å². The Balaban J connectivity index is 1.62. The molecule has 4 heteroatoms. The van der Waals surface area contributed by atoms with Crippen LogP contribution in [0.2, 0.25) is 0 Å².